The van der Waals surface area contributed by atoms with Crippen molar-refractivity contribution in [2.24, 2.45) is 7.05 Å². The molecule has 5 nitrogen and oxygen atoms in total. The average molecular weight is 309 g/mol. The molecule has 1 rings (SSSR count). The maximum absolute atomic E-state index is 10.4. The van der Waals surface area contributed by atoms with Crippen LogP contribution in [0.5, 0.6) is 0 Å². The Labute approximate surface area is 134 Å². The van der Waals surface area contributed by atoms with Gasteiger partial charge in [-0.2, -0.15) is 0 Å². The molecule has 1 aromatic rings. The maximum Gasteiger partial charge on any atom is 0.303 e. The summed E-state index contributed by atoms with van der Waals surface area (Å²) in [6.07, 6.45) is 16.8. The molecule has 0 aliphatic rings. The van der Waals surface area contributed by atoms with Crippen molar-refractivity contribution >= 4 is 5.97 Å². The van der Waals surface area contributed by atoms with Crippen molar-refractivity contribution in [3.8, 4) is 0 Å². The summed E-state index contributed by atoms with van der Waals surface area (Å²) < 4.78 is 1.76. The Morgan fingerprint density at radius 1 is 0.955 bits per heavy atom. The fourth-order valence-electron chi connectivity index (χ4n) is 2.68. The quantitative estimate of drug-likeness (QED) is 0.525. The minimum Gasteiger partial charge on any atom is -0.481 e. The number of nitrogens with zero attached hydrogens (tertiary/aromatic N) is 3. The minimum atomic E-state index is -0.667. The molecular formula is C17H31N3O2. The number of carboxylic acid groups (broad SMARTS) is 1. The molecule has 0 spiro atoms. The molecule has 0 saturated carbocycles. The molecule has 0 unspecified atom stereocenters. The van der Waals surface area contributed by atoms with Gasteiger partial charge in [-0.15, -0.1) is 5.10 Å². The second-order valence-corrected chi connectivity index (χ2v) is 6.17. The van der Waals surface area contributed by atoms with Gasteiger partial charge < -0.3 is 5.11 Å². The molecule has 5 heteroatoms. The topological polar surface area (TPSA) is 68.0 Å². The van der Waals surface area contributed by atoms with E-state index in [1.165, 1.54) is 57.8 Å². The molecule has 0 atom stereocenters. The van der Waals surface area contributed by atoms with E-state index in [-0.39, 0.29) is 0 Å². The molecule has 0 aliphatic heterocycles. The Balaban J connectivity index is 1.75. The van der Waals surface area contributed by atoms with Crippen molar-refractivity contribution in [2.45, 2.75) is 83.5 Å². The van der Waals surface area contributed by atoms with Crippen LogP contribution in [0, 0.1) is 0 Å². The van der Waals surface area contributed by atoms with E-state index in [1.54, 1.807) is 4.68 Å². The van der Waals surface area contributed by atoms with E-state index in [1.807, 2.05) is 13.2 Å². The summed E-state index contributed by atoms with van der Waals surface area (Å²) in [5.74, 6) is -0.667. The van der Waals surface area contributed by atoms with Crippen molar-refractivity contribution in [1.82, 2.24) is 15.0 Å². The summed E-state index contributed by atoms with van der Waals surface area (Å²) in [4.78, 5) is 10.4. The highest BCUT2D eigenvalue weighted by Gasteiger charge is 1.99. The third kappa shape index (κ3) is 10.4. The largest absolute Gasteiger partial charge is 0.481 e. The van der Waals surface area contributed by atoms with E-state index in [0.717, 1.165) is 25.0 Å². The normalized spacial score (nSPS) is 11.0. The lowest BCUT2D eigenvalue weighted by atomic mass is 10.0. The van der Waals surface area contributed by atoms with Crippen LogP contribution < -0.4 is 0 Å². The van der Waals surface area contributed by atoms with Gasteiger partial charge >= 0.3 is 5.97 Å². The van der Waals surface area contributed by atoms with Crippen LogP contribution in [-0.2, 0) is 18.3 Å². The number of hydrogen-bond donors (Lipinski definition) is 1. The highest BCUT2D eigenvalue weighted by Crippen LogP contribution is 2.12. The van der Waals surface area contributed by atoms with Gasteiger partial charge in [0.15, 0.2) is 0 Å². The van der Waals surface area contributed by atoms with Crippen LogP contribution in [0.1, 0.15) is 82.7 Å². The minimum absolute atomic E-state index is 0.328. The SMILES string of the molecule is Cn1cc(CCCCCCCCCCCCCC(=O)O)nn1. The fourth-order valence-corrected chi connectivity index (χ4v) is 2.68. The van der Waals surface area contributed by atoms with Crippen LogP contribution in [0.2, 0.25) is 0 Å². The van der Waals surface area contributed by atoms with E-state index < -0.39 is 5.97 Å². The molecule has 0 aliphatic carbocycles. The number of hydrogen-bond acceptors (Lipinski definition) is 3. The van der Waals surface area contributed by atoms with E-state index >= 15 is 0 Å². The average Bonchev–Trinajstić information content (AvgIpc) is 2.89. The van der Waals surface area contributed by atoms with Crippen LogP contribution in [-0.4, -0.2) is 26.1 Å². The first-order valence-electron chi connectivity index (χ1n) is 8.75. The molecule has 0 fully saturated rings. The summed E-state index contributed by atoms with van der Waals surface area (Å²) in [5, 5.41) is 16.6. The number of rotatable bonds is 14. The van der Waals surface area contributed by atoms with Crippen LogP contribution in [0.15, 0.2) is 6.20 Å². The number of aryl methyl sites for hydroxylation is 2. The van der Waals surface area contributed by atoms with Gasteiger partial charge in [0.25, 0.3) is 0 Å². The van der Waals surface area contributed by atoms with Crippen molar-refractivity contribution in [1.29, 1.82) is 0 Å². The predicted octanol–water partition coefficient (Wildman–Crippen LogP) is 4.12. The number of carboxylic acids is 1. The van der Waals surface area contributed by atoms with Crippen molar-refractivity contribution < 1.29 is 9.90 Å². The zero-order chi connectivity index (χ0) is 16.0. The zero-order valence-electron chi connectivity index (χ0n) is 14.0. The van der Waals surface area contributed by atoms with Crippen LogP contribution in [0.3, 0.4) is 0 Å². The number of carbonyl (C=O) groups is 1. The number of unbranched alkanes of at least 4 members (excludes halogenated alkanes) is 10. The van der Waals surface area contributed by atoms with E-state index in [2.05, 4.69) is 10.3 Å². The van der Waals surface area contributed by atoms with Gasteiger partial charge in [-0.25, -0.2) is 0 Å². The van der Waals surface area contributed by atoms with Crippen molar-refractivity contribution in [2.75, 3.05) is 0 Å². The predicted molar refractivity (Wildman–Crippen MR) is 87.7 cm³/mol. The molecule has 22 heavy (non-hydrogen) atoms. The summed E-state index contributed by atoms with van der Waals surface area (Å²) in [5.41, 5.74) is 1.10. The zero-order valence-corrected chi connectivity index (χ0v) is 14.0. The van der Waals surface area contributed by atoms with Gasteiger partial charge in [0.1, 0.15) is 0 Å². The van der Waals surface area contributed by atoms with Crippen molar-refractivity contribution in [3.63, 3.8) is 0 Å². The molecule has 1 N–H and O–H groups in total. The Kier molecular flexibility index (Phi) is 10.3. The van der Waals surface area contributed by atoms with Gasteiger partial charge in [-0.1, -0.05) is 63.0 Å². The highest BCUT2D eigenvalue weighted by molar-refractivity contribution is 5.66. The molecule has 0 radical (unpaired) electrons. The van der Waals surface area contributed by atoms with Crippen LogP contribution >= 0.6 is 0 Å². The van der Waals surface area contributed by atoms with Gasteiger partial charge in [-0.3, -0.25) is 9.48 Å². The van der Waals surface area contributed by atoms with Crippen LogP contribution in [0.25, 0.3) is 0 Å². The van der Waals surface area contributed by atoms with Crippen molar-refractivity contribution in [3.05, 3.63) is 11.9 Å². The molecule has 0 bridgehead atoms. The summed E-state index contributed by atoms with van der Waals surface area (Å²) in [6, 6.07) is 0. The Bertz CT molecular complexity index is 404. The van der Waals surface area contributed by atoms with E-state index in [0.29, 0.717) is 6.42 Å². The molecule has 1 aromatic heterocycles. The third-order valence-electron chi connectivity index (χ3n) is 3.97. The smallest absolute Gasteiger partial charge is 0.303 e. The van der Waals surface area contributed by atoms with E-state index in [4.69, 9.17) is 5.11 Å². The Hall–Kier alpha value is -1.39. The second-order valence-electron chi connectivity index (χ2n) is 6.17. The van der Waals surface area contributed by atoms with Gasteiger partial charge in [-0.05, 0) is 19.3 Å². The third-order valence-corrected chi connectivity index (χ3v) is 3.97. The van der Waals surface area contributed by atoms with Crippen LogP contribution in [0.4, 0.5) is 0 Å². The summed E-state index contributed by atoms with van der Waals surface area (Å²) >= 11 is 0. The van der Waals surface area contributed by atoms with E-state index in [9.17, 15) is 4.79 Å². The number of aromatic nitrogens is 3. The standard InChI is InChI=1S/C17H31N3O2/c1-20-15-16(18-19-20)13-11-9-7-5-3-2-4-6-8-10-12-14-17(21)22/h15H,2-14H2,1H3,(H,21,22). The van der Waals surface area contributed by atoms with Gasteiger partial charge in [0, 0.05) is 19.7 Å². The molecule has 0 saturated heterocycles. The molecular weight excluding hydrogens is 278 g/mol. The molecule has 0 aromatic carbocycles. The second kappa shape index (κ2) is 12.2. The molecule has 126 valence electrons. The summed E-state index contributed by atoms with van der Waals surface area (Å²) in [6.45, 7) is 0. The monoisotopic (exact) mass is 309 g/mol. The first kappa shape index (κ1) is 18.7. The number of aliphatic carboxylic acids is 1. The first-order chi connectivity index (χ1) is 10.7. The lowest BCUT2D eigenvalue weighted by Crippen LogP contribution is -1.93. The lowest BCUT2D eigenvalue weighted by molar-refractivity contribution is -0.137. The molecule has 1 heterocycles. The van der Waals surface area contributed by atoms with Gasteiger partial charge in [0.2, 0.25) is 0 Å². The first-order valence-corrected chi connectivity index (χ1v) is 8.75. The lowest BCUT2D eigenvalue weighted by Gasteiger charge is -2.02. The Morgan fingerprint density at radius 3 is 1.91 bits per heavy atom. The highest BCUT2D eigenvalue weighted by atomic mass is 16.4. The van der Waals surface area contributed by atoms with Gasteiger partial charge in [0.05, 0.1) is 5.69 Å². The maximum atomic E-state index is 10.4. The fraction of sp³-hybridized carbons (Fsp3) is 0.824. The molecule has 0 amide bonds. The Morgan fingerprint density at radius 2 is 1.45 bits per heavy atom. The summed E-state index contributed by atoms with van der Waals surface area (Å²) in [7, 11) is 1.91.